The van der Waals surface area contributed by atoms with E-state index >= 15 is 0 Å². The van der Waals surface area contributed by atoms with Gasteiger partial charge in [-0.2, -0.15) is 4.98 Å². The number of rotatable bonds is 20. The third-order valence-electron chi connectivity index (χ3n) is 5.95. The molecule has 2 aromatic rings. The third kappa shape index (κ3) is 11.1. The van der Waals surface area contributed by atoms with Gasteiger partial charge >= 0.3 is 5.97 Å². The van der Waals surface area contributed by atoms with Gasteiger partial charge in [0.2, 0.25) is 5.95 Å². The van der Waals surface area contributed by atoms with E-state index in [2.05, 4.69) is 21.9 Å². The fraction of sp³-hybridized carbons (Fsp3) is 0.760. The summed E-state index contributed by atoms with van der Waals surface area (Å²) in [6.07, 6.45) is 20.0. The van der Waals surface area contributed by atoms with E-state index in [1.54, 1.807) is 4.57 Å². The maximum absolute atomic E-state index is 11.8. The lowest BCUT2D eigenvalue weighted by Crippen LogP contribution is -2.14. The number of imidazole rings is 1. The molecule has 2 heterocycles. The SMILES string of the molecule is CCCCCCCCCCCCCCCCC(=O)OCCOCn1cnc2c(=O)[nH]c(N)nc21. The van der Waals surface area contributed by atoms with Gasteiger partial charge in [-0.25, -0.2) is 4.98 Å². The minimum atomic E-state index is -0.390. The van der Waals surface area contributed by atoms with E-state index in [9.17, 15) is 9.59 Å². The number of anilines is 1. The Labute approximate surface area is 202 Å². The monoisotopic (exact) mass is 477 g/mol. The van der Waals surface area contributed by atoms with Crippen molar-refractivity contribution in [3.63, 3.8) is 0 Å². The van der Waals surface area contributed by atoms with Gasteiger partial charge in [0.25, 0.3) is 5.56 Å². The quantitative estimate of drug-likeness (QED) is 0.201. The van der Waals surface area contributed by atoms with Crippen molar-refractivity contribution in [1.82, 2.24) is 19.5 Å². The standard InChI is InChI=1S/C25H43N5O4/c1-2-3-4-5-6-7-8-9-10-11-12-13-14-15-16-21(31)34-18-17-33-20-30-19-27-22-23(30)28-25(26)29-24(22)32/h19H,2-18,20H2,1H3,(H3,26,28,29,32). The maximum Gasteiger partial charge on any atom is 0.305 e. The fourth-order valence-corrected chi connectivity index (χ4v) is 3.98. The zero-order valence-corrected chi connectivity index (χ0v) is 20.9. The summed E-state index contributed by atoms with van der Waals surface area (Å²) < 4.78 is 12.3. The third-order valence-corrected chi connectivity index (χ3v) is 5.95. The van der Waals surface area contributed by atoms with Crippen molar-refractivity contribution in [2.45, 2.75) is 110 Å². The molecule has 0 fully saturated rings. The molecule has 0 unspecified atom stereocenters. The number of nitrogens with two attached hydrogens (primary N) is 1. The Bertz CT molecular complexity index is 880. The van der Waals surface area contributed by atoms with Crippen LogP contribution in [0.4, 0.5) is 5.95 Å². The molecule has 34 heavy (non-hydrogen) atoms. The fourth-order valence-electron chi connectivity index (χ4n) is 3.98. The predicted octanol–water partition coefficient (Wildman–Crippen LogP) is 5.09. The molecule has 0 aliphatic carbocycles. The molecule has 0 saturated carbocycles. The number of carbonyl (C=O) groups is 1. The van der Waals surface area contributed by atoms with Gasteiger partial charge in [-0.15, -0.1) is 0 Å². The molecule has 3 N–H and O–H groups in total. The molecule has 192 valence electrons. The second kappa shape index (κ2) is 17.1. The number of H-pyrrole nitrogens is 1. The number of nitrogen functional groups attached to an aromatic ring is 1. The van der Waals surface area contributed by atoms with Gasteiger partial charge in [-0.05, 0) is 6.42 Å². The van der Waals surface area contributed by atoms with E-state index in [0.717, 1.165) is 12.8 Å². The molecule has 0 radical (unpaired) electrons. The van der Waals surface area contributed by atoms with Gasteiger partial charge in [0.15, 0.2) is 11.2 Å². The normalized spacial score (nSPS) is 11.3. The summed E-state index contributed by atoms with van der Waals surface area (Å²) in [5.74, 6) is -0.159. The first kappa shape index (κ1) is 27.8. The number of nitrogens with one attached hydrogen (secondary N) is 1. The lowest BCUT2D eigenvalue weighted by atomic mass is 10.0. The van der Waals surface area contributed by atoms with Gasteiger partial charge < -0.3 is 15.2 Å². The highest BCUT2D eigenvalue weighted by molar-refractivity contribution is 5.70. The van der Waals surface area contributed by atoms with Gasteiger partial charge in [0, 0.05) is 6.42 Å². The highest BCUT2D eigenvalue weighted by Crippen LogP contribution is 2.13. The first-order valence-electron chi connectivity index (χ1n) is 13.1. The Hall–Kier alpha value is -2.42. The minimum Gasteiger partial charge on any atom is -0.463 e. The predicted molar refractivity (Wildman–Crippen MR) is 134 cm³/mol. The van der Waals surface area contributed by atoms with Crippen molar-refractivity contribution in [3.8, 4) is 0 Å². The van der Waals surface area contributed by atoms with E-state index in [4.69, 9.17) is 15.2 Å². The molecular formula is C25H43N5O4. The number of nitrogens with zero attached hydrogens (tertiary/aromatic N) is 3. The first-order valence-corrected chi connectivity index (χ1v) is 13.1. The summed E-state index contributed by atoms with van der Waals surface area (Å²) in [6, 6.07) is 0. The average molecular weight is 478 g/mol. The van der Waals surface area contributed by atoms with Crippen molar-refractivity contribution >= 4 is 23.1 Å². The van der Waals surface area contributed by atoms with Crippen LogP contribution in [0, 0.1) is 0 Å². The minimum absolute atomic E-state index is 0.0247. The smallest absolute Gasteiger partial charge is 0.305 e. The van der Waals surface area contributed by atoms with Crippen molar-refractivity contribution in [2.24, 2.45) is 0 Å². The number of hydrogen-bond donors (Lipinski definition) is 2. The molecule has 2 rings (SSSR count). The molecule has 9 heteroatoms. The van der Waals surface area contributed by atoms with Crippen molar-refractivity contribution in [3.05, 3.63) is 16.7 Å². The number of esters is 1. The van der Waals surface area contributed by atoms with Crippen LogP contribution in [0.25, 0.3) is 11.2 Å². The molecule has 0 atom stereocenters. The molecule has 0 aliphatic heterocycles. The molecule has 0 saturated heterocycles. The molecule has 0 amide bonds. The maximum atomic E-state index is 11.8. The lowest BCUT2D eigenvalue weighted by Gasteiger charge is -2.07. The summed E-state index contributed by atoms with van der Waals surface area (Å²) in [6.45, 7) is 2.85. The summed E-state index contributed by atoms with van der Waals surface area (Å²) in [4.78, 5) is 34.1. The summed E-state index contributed by atoms with van der Waals surface area (Å²) in [5.41, 5.74) is 5.74. The molecular weight excluding hydrogens is 434 g/mol. The Morgan fingerprint density at radius 1 is 0.941 bits per heavy atom. The highest BCUT2D eigenvalue weighted by Gasteiger charge is 2.09. The van der Waals surface area contributed by atoms with E-state index in [1.165, 1.54) is 83.4 Å². The highest BCUT2D eigenvalue weighted by atomic mass is 16.6. The number of carbonyl (C=O) groups excluding carboxylic acids is 1. The first-order chi connectivity index (χ1) is 16.6. The number of fused-ring (bicyclic) bond motifs is 1. The number of unbranched alkanes of at least 4 members (excludes halogenated alkanes) is 13. The zero-order chi connectivity index (χ0) is 24.4. The average Bonchev–Trinajstić information content (AvgIpc) is 3.22. The van der Waals surface area contributed by atoms with Crippen LogP contribution in [-0.4, -0.2) is 38.7 Å². The number of aromatic amines is 1. The summed E-state index contributed by atoms with van der Waals surface area (Å²) in [7, 11) is 0. The number of ether oxygens (including phenoxy) is 2. The Balaban J connectivity index is 1.38. The summed E-state index contributed by atoms with van der Waals surface area (Å²) in [5, 5.41) is 0. The Morgan fingerprint density at radius 3 is 2.15 bits per heavy atom. The van der Waals surface area contributed by atoms with Crippen LogP contribution in [0.2, 0.25) is 0 Å². The van der Waals surface area contributed by atoms with Gasteiger partial charge in [-0.1, -0.05) is 90.4 Å². The second-order valence-corrected chi connectivity index (χ2v) is 8.94. The van der Waals surface area contributed by atoms with Crippen LogP contribution in [0.15, 0.2) is 11.1 Å². The van der Waals surface area contributed by atoms with E-state index < -0.39 is 5.56 Å². The zero-order valence-electron chi connectivity index (χ0n) is 20.9. The number of hydrogen-bond acceptors (Lipinski definition) is 7. The van der Waals surface area contributed by atoms with Crippen LogP contribution >= 0.6 is 0 Å². The van der Waals surface area contributed by atoms with Crippen LogP contribution in [0.1, 0.15) is 103 Å². The van der Waals surface area contributed by atoms with Crippen molar-refractivity contribution < 1.29 is 14.3 Å². The van der Waals surface area contributed by atoms with E-state index in [1.807, 2.05) is 0 Å². The lowest BCUT2D eigenvalue weighted by molar-refractivity contribution is -0.145. The van der Waals surface area contributed by atoms with E-state index in [0.29, 0.717) is 12.1 Å². The van der Waals surface area contributed by atoms with Gasteiger partial charge in [-0.3, -0.25) is 19.1 Å². The molecule has 0 spiro atoms. The topological polar surface area (TPSA) is 125 Å². The summed E-state index contributed by atoms with van der Waals surface area (Å²) >= 11 is 0. The van der Waals surface area contributed by atoms with Gasteiger partial charge in [0.05, 0.1) is 12.9 Å². The number of aromatic nitrogens is 4. The Morgan fingerprint density at radius 2 is 1.53 bits per heavy atom. The molecule has 9 nitrogen and oxygen atoms in total. The van der Waals surface area contributed by atoms with Crippen molar-refractivity contribution in [1.29, 1.82) is 0 Å². The second-order valence-electron chi connectivity index (χ2n) is 8.94. The van der Waals surface area contributed by atoms with Crippen LogP contribution < -0.4 is 11.3 Å². The van der Waals surface area contributed by atoms with E-state index in [-0.39, 0.29) is 37.4 Å². The molecule has 2 aromatic heterocycles. The molecule has 0 bridgehead atoms. The molecule has 0 aromatic carbocycles. The van der Waals surface area contributed by atoms with Crippen LogP contribution in [0.5, 0.6) is 0 Å². The van der Waals surface area contributed by atoms with Crippen LogP contribution in [0.3, 0.4) is 0 Å². The largest absolute Gasteiger partial charge is 0.463 e. The molecule has 0 aliphatic rings. The van der Waals surface area contributed by atoms with Gasteiger partial charge in [0.1, 0.15) is 13.3 Å². The Kier molecular flexibility index (Phi) is 14.0. The van der Waals surface area contributed by atoms with Crippen LogP contribution in [-0.2, 0) is 21.0 Å². The van der Waals surface area contributed by atoms with Crippen molar-refractivity contribution in [2.75, 3.05) is 18.9 Å².